The molecule has 0 radical (unpaired) electrons. The third-order valence-electron chi connectivity index (χ3n) is 3.66. The molecule has 0 unspecified atom stereocenters. The molecule has 0 fully saturated rings. The Labute approximate surface area is 130 Å². The van der Waals surface area contributed by atoms with Crippen LogP contribution in [0.3, 0.4) is 0 Å². The van der Waals surface area contributed by atoms with Crippen molar-refractivity contribution in [2.45, 2.75) is 32.6 Å². The van der Waals surface area contributed by atoms with E-state index in [4.69, 9.17) is 9.47 Å². The van der Waals surface area contributed by atoms with Crippen molar-refractivity contribution in [1.29, 1.82) is 0 Å². The first-order valence-electron chi connectivity index (χ1n) is 7.75. The number of ether oxygens (including phenoxy) is 2. The topological polar surface area (TPSA) is 63.4 Å². The van der Waals surface area contributed by atoms with Gasteiger partial charge in [-0.25, -0.2) is 0 Å². The Hall–Kier alpha value is -2.17. The lowest BCUT2D eigenvalue weighted by Gasteiger charge is -2.13. The molecule has 1 heterocycles. The highest BCUT2D eigenvalue weighted by Gasteiger charge is 2.15. The van der Waals surface area contributed by atoms with E-state index in [1.165, 1.54) is 20.0 Å². The zero-order valence-corrected chi connectivity index (χ0v) is 13.5. The van der Waals surface area contributed by atoms with Crippen LogP contribution in [0.4, 0.5) is 5.69 Å². The molecule has 22 heavy (non-hydrogen) atoms. The van der Waals surface area contributed by atoms with E-state index in [9.17, 15) is 4.79 Å². The first-order valence-corrected chi connectivity index (χ1v) is 7.75. The van der Waals surface area contributed by atoms with E-state index < -0.39 is 0 Å². The number of hydrogen-bond donors (Lipinski definition) is 2. The van der Waals surface area contributed by atoms with E-state index in [0.717, 1.165) is 29.4 Å². The van der Waals surface area contributed by atoms with Gasteiger partial charge in [0.2, 0.25) is 5.75 Å². The second-order valence-corrected chi connectivity index (χ2v) is 5.24. The molecule has 0 saturated heterocycles. The highest BCUT2D eigenvalue weighted by molar-refractivity contribution is 5.89. The van der Waals surface area contributed by atoms with Crippen LogP contribution in [0.2, 0.25) is 0 Å². The standard InChI is InChI=1S/C17H24N2O3/c1-4-5-6-7-10-22-15-13-9-8-12(18-2)11-14(13)19-17(20)16(15)21-3/h8-9,11,18H,4-7,10H2,1-3H3,(H,19,20). The number of rotatable bonds is 8. The normalized spacial score (nSPS) is 10.7. The third kappa shape index (κ3) is 3.53. The van der Waals surface area contributed by atoms with Crippen LogP contribution in [0.1, 0.15) is 32.6 Å². The van der Waals surface area contributed by atoms with E-state index in [0.29, 0.717) is 12.4 Å². The molecule has 0 aliphatic carbocycles. The molecule has 0 spiro atoms. The van der Waals surface area contributed by atoms with Gasteiger partial charge in [-0.2, -0.15) is 0 Å². The molecule has 1 aromatic heterocycles. The molecule has 2 aromatic rings. The molecule has 1 aromatic carbocycles. The Kier molecular flexibility index (Phi) is 5.69. The quantitative estimate of drug-likeness (QED) is 0.732. The average molecular weight is 304 g/mol. The lowest BCUT2D eigenvalue weighted by atomic mass is 10.1. The molecule has 0 amide bonds. The fourth-order valence-electron chi connectivity index (χ4n) is 2.44. The molecule has 0 aliphatic heterocycles. The van der Waals surface area contributed by atoms with Crippen molar-refractivity contribution in [3.63, 3.8) is 0 Å². The van der Waals surface area contributed by atoms with Gasteiger partial charge in [0, 0.05) is 18.1 Å². The van der Waals surface area contributed by atoms with E-state index >= 15 is 0 Å². The van der Waals surface area contributed by atoms with Crippen LogP contribution in [0, 0.1) is 0 Å². The second-order valence-electron chi connectivity index (χ2n) is 5.24. The number of benzene rings is 1. The van der Waals surface area contributed by atoms with Crippen LogP contribution in [0.5, 0.6) is 11.5 Å². The third-order valence-corrected chi connectivity index (χ3v) is 3.66. The molecule has 0 saturated carbocycles. The van der Waals surface area contributed by atoms with Crippen molar-refractivity contribution >= 4 is 16.6 Å². The highest BCUT2D eigenvalue weighted by atomic mass is 16.5. The summed E-state index contributed by atoms with van der Waals surface area (Å²) in [5.41, 5.74) is 1.40. The van der Waals surface area contributed by atoms with E-state index in [-0.39, 0.29) is 11.3 Å². The van der Waals surface area contributed by atoms with E-state index in [2.05, 4.69) is 17.2 Å². The number of unbranched alkanes of at least 4 members (excludes halogenated alkanes) is 3. The molecule has 120 valence electrons. The van der Waals surface area contributed by atoms with Gasteiger partial charge < -0.3 is 19.8 Å². The van der Waals surface area contributed by atoms with Crippen molar-refractivity contribution in [3.05, 3.63) is 28.6 Å². The van der Waals surface area contributed by atoms with Gasteiger partial charge in [0.1, 0.15) is 0 Å². The summed E-state index contributed by atoms with van der Waals surface area (Å²) < 4.78 is 11.1. The number of fused-ring (bicyclic) bond motifs is 1. The molecule has 5 nitrogen and oxygen atoms in total. The van der Waals surface area contributed by atoms with Gasteiger partial charge in [0.15, 0.2) is 5.75 Å². The zero-order valence-electron chi connectivity index (χ0n) is 13.5. The number of aromatic amines is 1. The molecule has 0 atom stereocenters. The number of aromatic nitrogens is 1. The van der Waals surface area contributed by atoms with Crippen LogP contribution < -0.4 is 20.3 Å². The Morgan fingerprint density at radius 2 is 2.00 bits per heavy atom. The number of pyridine rings is 1. The summed E-state index contributed by atoms with van der Waals surface area (Å²) in [4.78, 5) is 15.0. The minimum Gasteiger partial charge on any atom is -0.489 e. The Bertz CT molecular complexity index is 679. The average Bonchev–Trinajstić information content (AvgIpc) is 2.53. The summed E-state index contributed by atoms with van der Waals surface area (Å²) in [5, 5.41) is 3.91. The summed E-state index contributed by atoms with van der Waals surface area (Å²) in [6, 6.07) is 5.77. The van der Waals surface area contributed by atoms with Gasteiger partial charge >= 0.3 is 0 Å². The summed E-state index contributed by atoms with van der Waals surface area (Å²) >= 11 is 0. The molecular weight excluding hydrogens is 280 g/mol. The zero-order chi connectivity index (χ0) is 15.9. The molecule has 0 aliphatic rings. The van der Waals surface area contributed by atoms with Gasteiger partial charge in [-0.15, -0.1) is 0 Å². The predicted octanol–water partition coefficient (Wildman–Crippen LogP) is 3.54. The second kappa shape index (κ2) is 7.73. The number of anilines is 1. The number of H-pyrrole nitrogens is 1. The minimum absolute atomic E-state index is 0.236. The monoisotopic (exact) mass is 304 g/mol. The lowest BCUT2D eigenvalue weighted by molar-refractivity contribution is 0.287. The van der Waals surface area contributed by atoms with E-state index in [1.807, 2.05) is 25.2 Å². The molecule has 2 N–H and O–H groups in total. The van der Waals surface area contributed by atoms with Gasteiger partial charge in [0.25, 0.3) is 5.56 Å². The van der Waals surface area contributed by atoms with Gasteiger partial charge in [-0.3, -0.25) is 4.79 Å². The Balaban J connectivity index is 2.33. The molecular formula is C17H24N2O3. The summed E-state index contributed by atoms with van der Waals surface area (Å²) in [7, 11) is 3.33. The van der Waals surface area contributed by atoms with Crippen molar-refractivity contribution < 1.29 is 9.47 Å². The largest absolute Gasteiger partial charge is 0.489 e. The summed E-state index contributed by atoms with van der Waals surface area (Å²) in [6.07, 6.45) is 4.48. The Morgan fingerprint density at radius 1 is 1.18 bits per heavy atom. The van der Waals surface area contributed by atoms with Crippen LogP contribution in [-0.4, -0.2) is 25.7 Å². The minimum atomic E-state index is -0.271. The van der Waals surface area contributed by atoms with Crippen LogP contribution in [0.25, 0.3) is 10.9 Å². The van der Waals surface area contributed by atoms with Gasteiger partial charge in [0.05, 0.1) is 19.2 Å². The Morgan fingerprint density at radius 3 is 2.68 bits per heavy atom. The maximum Gasteiger partial charge on any atom is 0.294 e. The van der Waals surface area contributed by atoms with Crippen LogP contribution in [-0.2, 0) is 0 Å². The first-order chi connectivity index (χ1) is 10.7. The smallest absolute Gasteiger partial charge is 0.294 e. The summed E-state index contributed by atoms with van der Waals surface area (Å²) in [6.45, 7) is 2.76. The van der Waals surface area contributed by atoms with Crippen molar-refractivity contribution in [1.82, 2.24) is 4.98 Å². The molecule has 0 bridgehead atoms. The number of methoxy groups -OCH3 is 1. The summed E-state index contributed by atoms with van der Waals surface area (Å²) in [5.74, 6) is 0.764. The van der Waals surface area contributed by atoms with Crippen molar-refractivity contribution in [3.8, 4) is 11.5 Å². The van der Waals surface area contributed by atoms with Crippen LogP contribution >= 0.6 is 0 Å². The lowest BCUT2D eigenvalue weighted by Crippen LogP contribution is -2.12. The maximum atomic E-state index is 12.1. The molecule has 5 heteroatoms. The number of hydrogen-bond acceptors (Lipinski definition) is 4. The van der Waals surface area contributed by atoms with Crippen LogP contribution in [0.15, 0.2) is 23.0 Å². The fourth-order valence-corrected chi connectivity index (χ4v) is 2.44. The fraction of sp³-hybridized carbons (Fsp3) is 0.471. The van der Waals surface area contributed by atoms with Gasteiger partial charge in [-0.1, -0.05) is 26.2 Å². The predicted molar refractivity (Wildman–Crippen MR) is 90.3 cm³/mol. The number of nitrogens with one attached hydrogen (secondary N) is 2. The first kappa shape index (κ1) is 16.2. The van der Waals surface area contributed by atoms with Crippen molar-refractivity contribution in [2.24, 2.45) is 0 Å². The SMILES string of the molecule is CCCCCCOc1c(OC)c(=O)[nH]c2cc(NC)ccc12. The van der Waals surface area contributed by atoms with Crippen molar-refractivity contribution in [2.75, 3.05) is 26.1 Å². The van der Waals surface area contributed by atoms with Gasteiger partial charge in [-0.05, 0) is 24.6 Å². The van der Waals surface area contributed by atoms with E-state index in [1.54, 1.807) is 0 Å². The maximum absolute atomic E-state index is 12.1. The molecule has 2 rings (SSSR count). The highest BCUT2D eigenvalue weighted by Crippen LogP contribution is 2.32.